The molecule has 2 aliphatic rings. The largest absolute Gasteiger partial charge is 0.393 e. The van der Waals surface area contributed by atoms with Gasteiger partial charge in [0, 0.05) is 50.5 Å². The van der Waals surface area contributed by atoms with Crippen LogP contribution in [0.25, 0.3) is 5.65 Å². The minimum Gasteiger partial charge on any atom is -0.355 e. The lowest BCUT2D eigenvalue weighted by Gasteiger charge is -2.33. The van der Waals surface area contributed by atoms with Crippen molar-refractivity contribution in [3.8, 4) is 0 Å². The molecule has 3 atom stereocenters. The smallest absolute Gasteiger partial charge is 0.355 e. The van der Waals surface area contributed by atoms with Crippen LogP contribution in [-0.4, -0.2) is 54.8 Å². The fourth-order valence-electron chi connectivity index (χ4n) is 5.63. The quantitative estimate of drug-likeness (QED) is 0.380. The van der Waals surface area contributed by atoms with E-state index in [-0.39, 0.29) is 55.2 Å². The van der Waals surface area contributed by atoms with Crippen LogP contribution >= 0.6 is 11.6 Å². The first kappa shape index (κ1) is 29.2. The SMILES string of the molecule is CCn1nccc1C(=O)NC(c1cn2nc(C[C@H]3C[C@@H](C(F)(F)F)CNC3=O)c(Cl)cc2n1)C1CCC(F)(F)CC1. The molecule has 3 aromatic rings. The number of amides is 2. The summed E-state index contributed by atoms with van der Waals surface area (Å²) in [7, 11) is 0. The number of aryl methyl sites for hydroxylation is 1. The second-order valence-corrected chi connectivity index (χ2v) is 11.1. The summed E-state index contributed by atoms with van der Waals surface area (Å²) in [6.07, 6.45) is -2.20. The molecule has 9 nitrogen and oxygen atoms in total. The van der Waals surface area contributed by atoms with E-state index in [0.29, 0.717) is 23.6 Å². The van der Waals surface area contributed by atoms with Crippen molar-refractivity contribution < 1.29 is 31.5 Å². The van der Waals surface area contributed by atoms with Crippen molar-refractivity contribution in [3.63, 3.8) is 0 Å². The summed E-state index contributed by atoms with van der Waals surface area (Å²) in [5.41, 5.74) is 1.21. The molecule has 0 bridgehead atoms. The van der Waals surface area contributed by atoms with Crippen molar-refractivity contribution in [2.45, 2.75) is 70.1 Å². The van der Waals surface area contributed by atoms with Gasteiger partial charge in [0.05, 0.1) is 34.6 Å². The van der Waals surface area contributed by atoms with Gasteiger partial charge in [0.25, 0.3) is 5.91 Å². The van der Waals surface area contributed by atoms with Crippen LogP contribution < -0.4 is 10.6 Å². The number of fused-ring (bicyclic) bond motifs is 1. The number of hydrogen-bond donors (Lipinski definition) is 2. The number of carbonyl (C=O) groups is 2. The van der Waals surface area contributed by atoms with E-state index < -0.39 is 48.3 Å². The number of halogens is 6. The van der Waals surface area contributed by atoms with Gasteiger partial charge in [-0.1, -0.05) is 11.6 Å². The van der Waals surface area contributed by atoms with Gasteiger partial charge in [0.2, 0.25) is 11.8 Å². The fraction of sp³-hybridized carbons (Fsp3) is 0.577. The van der Waals surface area contributed by atoms with Gasteiger partial charge in [-0.15, -0.1) is 0 Å². The summed E-state index contributed by atoms with van der Waals surface area (Å²) in [6.45, 7) is 1.82. The highest BCUT2D eigenvalue weighted by Crippen LogP contribution is 2.41. The van der Waals surface area contributed by atoms with E-state index in [9.17, 15) is 31.5 Å². The van der Waals surface area contributed by atoms with Crippen LogP contribution in [0.1, 0.15) is 66.9 Å². The summed E-state index contributed by atoms with van der Waals surface area (Å²) in [5.74, 6) is -6.67. The maximum atomic E-state index is 14.0. The summed E-state index contributed by atoms with van der Waals surface area (Å²) < 4.78 is 70.7. The van der Waals surface area contributed by atoms with Gasteiger partial charge in [-0.05, 0) is 38.2 Å². The molecule has 1 saturated heterocycles. The number of alkyl halides is 5. The lowest BCUT2D eigenvalue weighted by molar-refractivity contribution is -0.183. The third-order valence-corrected chi connectivity index (χ3v) is 8.27. The Balaban J connectivity index is 1.43. The molecule has 2 amide bonds. The van der Waals surface area contributed by atoms with Crippen molar-refractivity contribution >= 4 is 29.1 Å². The molecule has 1 saturated carbocycles. The Labute approximate surface area is 236 Å². The zero-order valence-corrected chi connectivity index (χ0v) is 22.9. The van der Waals surface area contributed by atoms with Crippen molar-refractivity contribution in [1.82, 2.24) is 35.0 Å². The third-order valence-electron chi connectivity index (χ3n) is 7.95. The molecular formula is C26H29ClF5N7O2. The van der Waals surface area contributed by atoms with E-state index >= 15 is 0 Å². The lowest BCUT2D eigenvalue weighted by atomic mass is 9.81. The zero-order chi connectivity index (χ0) is 29.5. The molecule has 0 aromatic carbocycles. The predicted molar refractivity (Wildman–Crippen MR) is 137 cm³/mol. The maximum absolute atomic E-state index is 14.0. The van der Waals surface area contributed by atoms with Gasteiger partial charge in [-0.2, -0.15) is 23.4 Å². The second-order valence-electron chi connectivity index (χ2n) is 10.7. The van der Waals surface area contributed by atoms with Gasteiger partial charge >= 0.3 is 6.18 Å². The molecule has 222 valence electrons. The summed E-state index contributed by atoms with van der Waals surface area (Å²) in [6, 6.07) is 2.32. The van der Waals surface area contributed by atoms with Crippen molar-refractivity contribution in [2.24, 2.45) is 17.8 Å². The monoisotopic (exact) mass is 601 g/mol. The Morgan fingerprint density at radius 2 is 2.02 bits per heavy atom. The standard InChI is InChI=1S/C26H29ClF5N7O2/c1-2-38-20(5-8-34-38)24(41)36-22(14-3-6-25(28,29)7-4-14)19-13-39-21(35-19)11-17(27)18(37-39)10-15-9-16(26(30,31)32)12-33-23(15)40/h5,8,11,13-16,22H,2-4,6-7,9-10,12H2,1H3,(H,33,40)(H,36,41)/t15-,16-,22?/m1/s1. The normalized spacial score (nSPS) is 22.5. The molecule has 0 radical (unpaired) electrons. The lowest BCUT2D eigenvalue weighted by Crippen LogP contribution is -2.47. The van der Waals surface area contributed by atoms with Crippen LogP contribution in [0.5, 0.6) is 0 Å². The number of aromatic nitrogens is 5. The minimum absolute atomic E-state index is 0.112. The Morgan fingerprint density at radius 3 is 2.71 bits per heavy atom. The maximum Gasteiger partial charge on any atom is 0.393 e. The summed E-state index contributed by atoms with van der Waals surface area (Å²) in [5, 5.41) is 13.9. The molecule has 3 aromatic heterocycles. The van der Waals surface area contributed by atoms with Gasteiger partial charge in [0.15, 0.2) is 5.65 Å². The Morgan fingerprint density at radius 1 is 1.29 bits per heavy atom. The van der Waals surface area contributed by atoms with Gasteiger partial charge in [-0.3, -0.25) is 14.3 Å². The number of nitrogens with zero attached hydrogens (tertiary/aromatic N) is 5. The molecular weight excluding hydrogens is 573 g/mol. The van der Waals surface area contributed by atoms with Crippen LogP contribution in [-0.2, 0) is 17.8 Å². The second kappa shape index (κ2) is 11.2. The van der Waals surface area contributed by atoms with Crippen LogP contribution in [0.2, 0.25) is 5.02 Å². The number of imidazole rings is 1. The van der Waals surface area contributed by atoms with Crippen molar-refractivity contribution in [3.05, 3.63) is 46.6 Å². The van der Waals surface area contributed by atoms with E-state index in [1.54, 1.807) is 12.3 Å². The van der Waals surface area contributed by atoms with Gasteiger partial charge < -0.3 is 10.6 Å². The number of nitrogens with one attached hydrogen (secondary N) is 2. The topological polar surface area (TPSA) is 106 Å². The van der Waals surface area contributed by atoms with Crippen LogP contribution in [0.4, 0.5) is 22.0 Å². The van der Waals surface area contributed by atoms with Crippen molar-refractivity contribution in [2.75, 3.05) is 6.54 Å². The van der Waals surface area contributed by atoms with E-state index in [2.05, 4.69) is 25.8 Å². The van der Waals surface area contributed by atoms with Crippen LogP contribution in [0.3, 0.4) is 0 Å². The first-order chi connectivity index (χ1) is 19.3. The molecule has 0 spiro atoms. The van der Waals surface area contributed by atoms with Crippen LogP contribution in [0, 0.1) is 17.8 Å². The molecule has 5 rings (SSSR count). The molecule has 2 fully saturated rings. The average molecular weight is 602 g/mol. The van der Waals surface area contributed by atoms with Gasteiger partial charge in [-0.25, -0.2) is 18.3 Å². The zero-order valence-electron chi connectivity index (χ0n) is 22.1. The molecule has 4 heterocycles. The molecule has 2 N–H and O–H groups in total. The number of rotatable bonds is 7. The third kappa shape index (κ3) is 6.31. The predicted octanol–water partition coefficient (Wildman–Crippen LogP) is 4.75. The fourth-order valence-corrected chi connectivity index (χ4v) is 5.84. The van der Waals surface area contributed by atoms with E-state index in [4.69, 9.17) is 11.6 Å². The molecule has 1 aliphatic heterocycles. The van der Waals surface area contributed by atoms with Crippen molar-refractivity contribution in [1.29, 1.82) is 0 Å². The average Bonchev–Trinajstić information content (AvgIpc) is 3.55. The highest BCUT2D eigenvalue weighted by molar-refractivity contribution is 6.31. The number of carbonyl (C=O) groups excluding carboxylic acids is 2. The minimum atomic E-state index is -4.44. The number of piperidine rings is 1. The van der Waals surface area contributed by atoms with Gasteiger partial charge in [0.1, 0.15) is 5.69 Å². The first-order valence-electron chi connectivity index (χ1n) is 13.4. The number of hydrogen-bond acceptors (Lipinski definition) is 5. The van der Waals surface area contributed by atoms with E-state index in [1.807, 2.05) is 6.92 Å². The Hall–Kier alpha value is -3.29. The van der Waals surface area contributed by atoms with E-state index in [1.165, 1.54) is 21.5 Å². The first-order valence-corrected chi connectivity index (χ1v) is 13.8. The molecule has 41 heavy (non-hydrogen) atoms. The molecule has 1 unspecified atom stereocenters. The van der Waals surface area contributed by atoms with E-state index in [0.717, 1.165) is 0 Å². The summed E-state index contributed by atoms with van der Waals surface area (Å²) in [4.78, 5) is 30.1. The Bertz CT molecular complexity index is 1430. The highest BCUT2D eigenvalue weighted by atomic mass is 35.5. The molecule has 15 heteroatoms. The molecule has 1 aliphatic carbocycles. The van der Waals surface area contributed by atoms with Crippen LogP contribution in [0.15, 0.2) is 24.5 Å². The Kier molecular flexibility index (Phi) is 7.96. The highest BCUT2D eigenvalue weighted by Gasteiger charge is 2.45. The summed E-state index contributed by atoms with van der Waals surface area (Å²) >= 11 is 6.42.